The number of carbonyl (C=O) groups excluding carboxylic acids is 1. The Balaban J connectivity index is 1.57. The molecular weight excluding hydrogens is 354 g/mol. The summed E-state index contributed by atoms with van der Waals surface area (Å²) in [6.45, 7) is 3.60. The van der Waals surface area contributed by atoms with E-state index in [-0.39, 0.29) is 0 Å². The van der Waals surface area contributed by atoms with Gasteiger partial charge in [0, 0.05) is 53.8 Å². The van der Waals surface area contributed by atoms with Gasteiger partial charge in [-0.2, -0.15) is 0 Å². The van der Waals surface area contributed by atoms with Crippen molar-refractivity contribution in [3.63, 3.8) is 0 Å². The first-order valence-electron chi connectivity index (χ1n) is 8.30. The van der Waals surface area contributed by atoms with Crippen molar-refractivity contribution < 1.29 is 4.79 Å². The van der Waals surface area contributed by atoms with Crippen LogP contribution < -0.4 is 4.90 Å². The van der Waals surface area contributed by atoms with E-state index in [1.54, 1.807) is 0 Å². The molecule has 4 nitrogen and oxygen atoms in total. The fourth-order valence-corrected chi connectivity index (χ4v) is 3.70. The summed E-state index contributed by atoms with van der Waals surface area (Å²) in [6, 6.07) is 8.34. The molecule has 2 heterocycles. The lowest BCUT2D eigenvalue weighted by Crippen LogP contribution is -2.36. The number of fused-ring (bicyclic) bond motifs is 1. The van der Waals surface area contributed by atoms with Crippen molar-refractivity contribution in [3.8, 4) is 0 Å². The molecule has 1 aliphatic heterocycles. The SMILES string of the molecule is O=C(C1CC1)N1CCCN(c2ccnc3cc(Br)ccc23)CC1. The maximum atomic E-state index is 12.3. The minimum Gasteiger partial charge on any atom is -0.369 e. The molecule has 0 atom stereocenters. The van der Waals surface area contributed by atoms with Gasteiger partial charge in [0.25, 0.3) is 0 Å². The van der Waals surface area contributed by atoms with Gasteiger partial charge in [0.2, 0.25) is 5.91 Å². The van der Waals surface area contributed by atoms with Crippen molar-refractivity contribution in [2.45, 2.75) is 19.3 Å². The van der Waals surface area contributed by atoms with Crippen LogP contribution in [0.15, 0.2) is 34.9 Å². The zero-order valence-electron chi connectivity index (χ0n) is 13.0. The van der Waals surface area contributed by atoms with Crippen LogP contribution in [0.4, 0.5) is 5.69 Å². The summed E-state index contributed by atoms with van der Waals surface area (Å²) in [5.41, 5.74) is 2.23. The second-order valence-corrected chi connectivity index (χ2v) is 7.35. The third-order valence-electron chi connectivity index (χ3n) is 4.76. The molecular formula is C18H20BrN3O. The molecule has 1 saturated heterocycles. The van der Waals surface area contributed by atoms with Gasteiger partial charge in [-0.05, 0) is 43.5 Å². The number of aromatic nitrogens is 1. The van der Waals surface area contributed by atoms with Gasteiger partial charge in [0.05, 0.1) is 5.52 Å². The molecule has 23 heavy (non-hydrogen) atoms. The van der Waals surface area contributed by atoms with E-state index in [1.165, 1.54) is 11.1 Å². The highest BCUT2D eigenvalue weighted by Gasteiger charge is 2.34. The first-order chi connectivity index (χ1) is 11.2. The smallest absolute Gasteiger partial charge is 0.225 e. The monoisotopic (exact) mass is 373 g/mol. The van der Waals surface area contributed by atoms with E-state index in [2.05, 4.69) is 55.0 Å². The van der Waals surface area contributed by atoms with Gasteiger partial charge >= 0.3 is 0 Å². The molecule has 1 aliphatic carbocycles. The number of halogens is 1. The van der Waals surface area contributed by atoms with E-state index in [9.17, 15) is 4.79 Å². The van der Waals surface area contributed by atoms with E-state index in [0.717, 1.165) is 55.4 Å². The summed E-state index contributed by atoms with van der Waals surface area (Å²) in [5, 5.41) is 1.18. The number of hydrogen-bond acceptors (Lipinski definition) is 3. The van der Waals surface area contributed by atoms with Gasteiger partial charge in [0.15, 0.2) is 0 Å². The lowest BCUT2D eigenvalue weighted by Gasteiger charge is -2.25. The minimum atomic E-state index is 0.320. The highest BCUT2D eigenvalue weighted by molar-refractivity contribution is 9.10. The van der Waals surface area contributed by atoms with Crippen LogP contribution in [-0.2, 0) is 4.79 Å². The molecule has 2 aromatic rings. The van der Waals surface area contributed by atoms with Gasteiger partial charge in [-0.3, -0.25) is 9.78 Å². The summed E-state index contributed by atoms with van der Waals surface area (Å²) in [5.74, 6) is 0.691. The average molecular weight is 374 g/mol. The highest BCUT2D eigenvalue weighted by atomic mass is 79.9. The predicted octanol–water partition coefficient (Wildman–Crippen LogP) is 3.45. The Bertz CT molecular complexity index is 744. The predicted molar refractivity (Wildman–Crippen MR) is 95.6 cm³/mol. The van der Waals surface area contributed by atoms with Crippen molar-refractivity contribution in [2.75, 3.05) is 31.1 Å². The van der Waals surface area contributed by atoms with Crippen LogP contribution >= 0.6 is 15.9 Å². The van der Waals surface area contributed by atoms with Crippen LogP contribution in [0.5, 0.6) is 0 Å². The van der Waals surface area contributed by atoms with Crippen LogP contribution in [0.2, 0.25) is 0 Å². The molecule has 1 aromatic heterocycles. The average Bonchev–Trinajstić information content (AvgIpc) is 3.40. The van der Waals surface area contributed by atoms with E-state index < -0.39 is 0 Å². The topological polar surface area (TPSA) is 36.4 Å². The third kappa shape index (κ3) is 3.07. The van der Waals surface area contributed by atoms with E-state index in [0.29, 0.717) is 11.8 Å². The zero-order valence-corrected chi connectivity index (χ0v) is 14.6. The standard InChI is InChI=1S/C18H20BrN3O/c19-14-4-5-15-16(12-14)20-7-6-17(15)21-8-1-9-22(11-10-21)18(23)13-2-3-13/h4-7,12-13H,1-3,8-11H2. The third-order valence-corrected chi connectivity index (χ3v) is 5.25. The molecule has 0 unspecified atom stereocenters. The molecule has 0 N–H and O–H groups in total. The van der Waals surface area contributed by atoms with Crippen LogP contribution in [0.3, 0.4) is 0 Å². The number of nitrogens with zero attached hydrogens (tertiary/aromatic N) is 3. The summed E-state index contributed by atoms with van der Waals surface area (Å²) in [7, 11) is 0. The van der Waals surface area contributed by atoms with Crippen LogP contribution in [0.1, 0.15) is 19.3 Å². The molecule has 2 fully saturated rings. The van der Waals surface area contributed by atoms with Gasteiger partial charge in [0.1, 0.15) is 0 Å². The first-order valence-corrected chi connectivity index (χ1v) is 9.10. The molecule has 2 aliphatic rings. The van der Waals surface area contributed by atoms with Crippen molar-refractivity contribution in [1.82, 2.24) is 9.88 Å². The lowest BCUT2D eigenvalue weighted by molar-refractivity contribution is -0.132. The maximum Gasteiger partial charge on any atom is 0.225 e. The Morgan fingerprint density at radius 3 is 2.83 bits per heavy atom. The molecule has 0 spiro atoms. The van der Waals surface area contributed by atoms with Crippen LogP contribution in [-0.4, -0.2) is 42.0 Å². The minimum absolute atomic E-state index is 0.320. The Morgan fingerprint density at radius 2 is 2.00 bits per heavy atom. The van der Waals surface area contributed by atoms with Gasteiger partial charge in [-0.1, -0.05) is 15.9 Å². The summed E-state index contributed by atoms with van der Waals surface area (Å²) < 4.78 is 1.05. The Kier molecular flexibility index (Phi) is 3.97. The fourth-order valence-electron chi connectivity index (χ4n) is 3.35. The van der Waals surface area contributed by atoms with Crippen LogP contribution in [0, 0.1) is 5.92 Å². The molecule has 4 rings (SSSR count). The Morgan fingerprint density at radius 1 is 1.13 bits per heavy atom. The van der Waals surface area contributed by atoms with E-state index in [1.807, 2.05) is 6.20 Å². The quantitative estimate of drug-likeness (QED) is 0.808. The second kappa shape index (κ2) is 6.11. The van der Waals surface area contributed by atoms with E-state index >= 15 is 0 Å². The summed E-state index contributed by atoms with van der Waals surface area (Å²) in [6.07, 6.45) is 5.08. The Hall–Kier alpha value is -1.62. The number of rotatable bonds is 2. The van der Waals surface area contributed by atoms with Crippen molar-refractivity contribution >= 4 is 38.4 Å². The van der Waals surface area contributed by atoms with Crippen LogP contribution in [0.25, 0.3) is 10.9 Å². The number of pyridine rings is 1. The zero-order chi connectivity index (χ0) is 15.8. The maximum absolute atomic E-state index is 12.3. The molecule has 0 bridgehead atoms. The fraction of sp³-hybridized carbons (Fsp3) is 0.444. The van der Waals surface area contributed by atoms with Crippen molar-refractivity contribution in [1.29, 1.82) is 0 Å². The summed E-state index contributed by atoms with van der Waals surface area (Å²) in [4.78, 5) is 21.2. The number of benzene rings is 1. The van der Waals surface area contributed by atoms with Crippen molar-refractivity contribution in [3.05, 3.63) is 34.9 Å². The molecule has 120 valence electrons. The van der Waals surface area contributed by atoms with Crippen molar-refractivity contribution in [2.24, 2.45) is 5.92 Å². The number of hydrogen-bond donors (Lipinski definition) is 0. The molecule has 5 heteroatoms. The van der Waals surface area contributed by atoms with Gasteiger partial charge < -0.3 is 9.80 Å². The summed E-state index contributed by atoms with van der Waals surface area (Å²) >= 11 is 3.51. The normalized spacial score (nSPS) is 19.0. The molecule has 0 radical (unpaired) electrons. The second-order valence-electron chi connectivity index (χ2n) is 6.43. The lowest BCUT2D eigenvalue weighted by atomic mass is 10.1. The van der Waals surface area contributed by atoms with Gasteiger partial charge in [-0.25, -0.2) is 0 Å². The molecule has 1 aromatic carbocycles. The largest absolute Gasteiger partial charge is 0.369 e. The molecule has 1 saturated carbocycles. The highest BCUT2D eigenvalue weighted by Crippen LogP contribution is 2.32. The van der Waals surface area contributed by atoms with Gasteiger partial charge in [-0.15, -0.1) is 0 Å². The number of anilines is 1. The number of amides is 1. The number of carbonyl (C=O) groups is 1. The Labute approximate surface area is 144 Å². The van der Waals surface area contributed by atoms with E-state index in [4.69, 9.17) is 0 Å². The first kappa shape index (κ1) is 14.9. The molecule has 1 amide bonds.